The van der Waals surface area contributed by atoms with Gasteiger partial charge in [0.1, 0.15) is 17.2 Å². The zero-order valence-corrected chi connectivity index (χ0v) is 16.6. The average molecular weight is 418 g/mol. The van der Waals surface area contributed by atoms with E-state index in [9.17, 15) is 9.59 Å². The van der Waals surface area contributed by atoms with Gasteiger partial charge in [-0.1, -0.05) is 11.6 Å². The molecule has 0 aliphatic heterocycles. The number of benzene rings is 2. The molecule has 7 nitrogen and oxygen atoms in total. The maximum absolute atomic E-state index is 12.5. The largest absolute Gasteiger partial charge is 0.497 e. The van der Waals surface area contributed by atoms with Crippen molar-refractivity contribution in [3.63, 3.8) is 0 Å². The number of nitrogens with one attached hydrogen (secondary N) is 2. The molecule has 2 N–H and O–H groups in total. The summed E-state index contributed by atoms with van der Waals surface area (Å²) in [6.07, 6.45) is 0. The van der Waals surface area contributed by atoms with Gasteiger partial charge in [-0.2, -0.15) is 0 Å². The summed E-state index contributed by atoms with van der Waals surface area (Å²) in [5.74, 6) is 0.205. The minimum Gasteiger partial charge on any atom is -0.497 e. The van der Waals surface area contributed by atoms with Gasteiger partial charge in [0.25, 0.3) is 11.8 Å². The van der Waals surface area contributed by atoms with Crippen molar-refractivity contribution in [1.29, 1.82) is 0 Å². The van der Waals surface area contributed by atoms with Gasteiger partial charge in [-0.25, -0.2) is 4.98 Å². The molecular formula is C19H16ClN3O4S. The number of halogens is 1. The molecule has 3 rings (SSSR count). The van der Waals surface area contributed by atoms with Crippen LogP contribution in [0.2, 0.25) is 5.02 Å². The van der Waals surface area contributed by atoms with Crippen molar-refractivity contribution >= 4 is 45.6 Å². The summed E-state index contributed by atoms with van der Waals surface area (Å²) in [6, 6.07) is 11.5. The van der Waals surface area contributed by atoms with E-state index in [0.717, 1.165) is 11.3 Å². The van der Waals surface area contributed by atoms with Gasteiger partial charge in [0.15, 0.2) is 5.13 Å². The third kappa shape index (κ3) is 4.79. The topological polar surface area (TPSA) is 89.6 Å². The van der Waals surface area contributed by atoms with E-state index in [1.807, 2.05) is 0 Å². The Kier molecular flexibility index (Phi) is 6.13. The van der Waals surface area contributed by atoms with Crippen molar-refractivity contribution in [3.05, 3.63) is 64.1 Å². The summed E-state index contributed by atoms with van der Waals surface area (Å²) in [5.41, 5.74) is 1.13. The Morgan fingerprint density at radius 3 is 2.21 bits per heavy atom. The van der Waals surface area contributed by atoms with Crippen molar-refractivity contribution in [1.82, 2.24) is 4.98 Å². The lowest BCUT2D eigenvalue weighted by molar-refractivity contribution is 0.101. The highest BCUT2D eigenvalue weighted by molar-refractivity contribution is 7.14. The number of carbonyl (C=O) groups excluding carboxylic acids is 2. The monoisotopic (exact) mass is 417 g/mol. The Morgan fingerprint density at radius 2 is 1.61 bits per heavy atom. The quantitative estimate of drug-likeness (QED) is 0.623. The smallest absolute Gasteiger partial charge is 0.275 e. The Morgan fingerprint density at radius 1 is 0.964 bits per heavy atom. The molecule has 0 saturated carbocycles. The van der Waals surface area contributed by atoms with Crippen LogP contribution in [-0.2, 0) is 0 Å². The number of thiazole rings is 1. The van der Waals surface area contributed by atoms with E-state index in [1.165, 1.54) is 14.2 Å². The normalized spacial score (nSPS) is 10.2. The van der Waals surface area contributed by atoms with Gasteiger partial charge in [-0.05, 0) is 36.4 Å². The molecule has 1 aromatic heterocycles. The molecule has 0 unspecified atom stereocenters. The lowest BCUT2D eigenvalue weighted by Gasteiger charge is -2.08. The number of hydrogen-bond donors (Lipinski definition) is 2. The molecule has 1 heterocycles. The number of amides is 2. The third-order valence-corrected chi connectivity index (χ3v) is 4.68. The maximum Gasteiger partial charge on any atom is 0.275 e. The summed E-state index contributed by atoms with van der Waals surface area (Å²) >= 11 is 6.97. The fraction of sp³-hybridized carbons (Fsp3) is 0.105. The number of anilines is 2. The summed E-state index contributed by atoms with van der Waals surface area (Å²) in [6.45, 7) is 0. The first-order chi connectivity index (χ1) is 13.5. The standard InChI is InChI=1S/C19H16ClN3O4S/c1-26-14-7-11(8-15(9-14)27-2)17(24)23-19-22-16(10-28-19)18(25)21-13-5-3-12(20)4-6-13/h3-10H,1-2H3,(H,21,25)(H,22,23,24). The number of carbonyl (C=O) groups is 2. The van der Waals surface area contributed by atoms with Crippen LogP contribution in [0.1, 0.15) is 20.8 Å². The molecular weight excluding hydrogens is 402 g/mol. The predicted octanol–water partition coefficient (Wildman–Crippen LogP) is 4.32. The van der Waals surface area contributed by atoms with E-state index in [0.29, 0.717) is 32.9 Å². The van der Waals surface area contributed by atoms with Crippen molar-refractivity contribution in [2.75, 3.05) is 24.9 Å². The highest BCUT2D eigenvalue weighted by atomic mass is 35.5. The molecule has 0 bridgehead atoms. The zero-order valence-electron chi connectivity index (χ0n) is 15.0. The predicted molar refractivity (Wildman–Crippen MR) is 109 cm³/mol. The Labute approximate surface area is 170 Å². The number of hydrogen-bond acceptors (Lipinski definition) is 6. The van der Waals surface area contributed by atoms with Gasteiger partial charge in [-0.15, -0.1) is 11.3 Å². The maximum atomic E-state index is 12.5. The Bertz CT molecular complexity index is 982. The van der Waals surface area contributed by atoms with Crippen LogP contribution in [0, 0.1) is 0 Å². The molecule has 0 aliphatic carbocycles. The van der Waals surface area contributed by atoms with Gasteiger partial charge in [0.05, 0.1) is 14.2 Å². The molecule has 0 radical (unpaired) electrons. The van der Waals surface area contributed by atoms with Crippen LogP contribution in [0.15, 0.2) is 47.8 Å². The van der Waals surface area contributed by atoms with E-state index in [2.05, 4.69) is 15.6 Å². The van der Waals surface area contributed by atoms with Crippen LogP contribution in [-0.4, -0.2) is 31.0 Å². The fourth-order valence-corrected chi connectivity index (χ4v) is 3.08. The number of nitrogens with zero attached hydrogens (tertiary/aromatic N) is 1. The highest BCUT2D eigenvalue weighted by Gasteiger charge is 2.15. The molecule has 0 spiro atoms. The summed E-state index contributed by atoms with van der Waals surface area (Å²) in [5, 5.41) is 7.82. The first-order valence-electron chi connectivity index (χ1n) is 8.05. The lowest BCUT2D eigenvalue weighted by Crippen LogP contribution is -2.14. The third-order valence-electron chi connectivity index (χ3n) is 3.67. The van der Waals surface area contributed by atoms with Gasteiger partial charge in [0, 0.05) is 27.7 Å². The van der Waals surface area contributed by atoms with Crippen LogP contribution < -0.4 is 20.1 Å². The zero-order chi connectivity index (χ0) is 20.1. The lowest BCUT2D eigenvalue weighted by atomic mass is 10.2. The molecule has 0 atom stereocenters. The van der Waals surface area contributed by atoms with E-state index < -0.39 is 5.91 Å². The van der Waals surface area contributed by atoms with Crippen LogP contribution in [0.5, 0.6) is 11.5 Å². The molecule has 3 aromatic rings. The second kappa shape index (κ2) is 8.73. The van der Waals surface area contributed by atoms with E-state index in [4.69, 9.17) is 21.1 Å². The van der Waals surface area contributed by atoms with Crippen molar-refractivity contribution in [2.24, 2.45) is 0 Å². The van der Waals surface area contributed by atoms with Crippen LogP contribution in [0.3, 0.4) is 0 Å². The van der Waals surface area contributed by atoms with Crippen molar-refractivity contribution in [3.8, 4) is 11.5 Å². The van der Waals surface area contributed by atoms with Gasteiger partial charge in [0.2, 0.25) is 0 Å². The molecule has 0 aliphatic rings. The van der Waals surface area contributed by atoms with Gasteiger partial charge >= 0.3 is 0 Å². The van der Waals surface area contributed by atoms with Crippen molar-refractivity contribution in [2.45, 2.75) is 0 Å². The van der Waals surface area contributed by atoms with Crippen LogP contribution >= 0.6 is 22.9 Å². The number of methoxy groups -OCH3 is 2. The van der Waals surface area contributed by atoms with E-state index >= 15 is 0 Å². The summed E-state index contributed by atoms with van der Waals surface area (Å²) < 4.78 is 10.3. The number of ether oxygens (including phenoxy) is 2. The van der Waals surface area contributed by atoms with Crippen LogP contribution in [0.4, 0.5) is 10.8 Å². The highest BCUT2D eigenvalue weighted by Crippen LogP contribution is 2.24. The molecule has 2 aromatic carbocycles. The molecule has 144 valence electrons. The SMILES string of the molecule is COc1cc(OC)cc(C(=O)Nc2nc(C(=O)Nc3ccc(Cl)cc3)cs2)c1. The second-order valence-corrected chi connectivity index (χ2v) is 6.85. The van der Waals surface area contributed by atoms with Gasteiger partial charge in [-0.3, -0.25) is 14.9 Å². The molecule has 9 heteroatoms. The first-order valence-corrected chi connectivity index (χ1v) is 9.31. The summed E-state index contributed by atoms with van der Waals surface area (Å²) in [4.78, 5) is 28.9. The first kappa shape index (κ1) is 19.7. The minimum atomic E-state index is -0.392. The molecule has 28 heavy (non-hydrogen) atoms. The summed E-state index contributed by atoms with van der Waals surface area (Å²) in [7, 11) is 3.01. The molecule has 2 amide bonds. The average Bonchev–Trinajstić information content (AvgIpc) is 3.17. The number of rotatable bonds is 6. The fourth-order valence-electron chi connectivity index (χ4n) is 2.27. The van der Waals surface area contributed by atoms with Gasteiger partial charge < -0.3 is 14.8 Å². The Hall–Kier alpha value is -3.10. The van der Waals surface area contributed by atoms with E-state index in [1.54, 1.807) is 47.8 Å². The molecule has 0 fully saturated rings. The van der Waals surface area contributed by atoms with E-state index in [-0.39, 0.29) is 11.6 Å². The molecule has 0 saturated heterocycles. The van der Waals surface area contributed by atoms with Crippen LogP contribution in [0.25, 0.3) is 0 Å². The minimum absolute atomic E-state index is 0.193. The second-order valence-electron chi connectivity index (χ2n) is 5.55. The Balaban J connectivity index is 1.69. The number of aromatic nitrogens is 1. The van der Waals surface area contributed by atoms with Crippen molar-refractivity contribution < 1.29 is 19.1 Å².